The standard InChI is InChI=1S/C10H15NO2/c12-10-8-4-5-1-2-6(8)3-7(5)9(10)11-13/h5-8,10,12-13H,1-4H2/t5-,6+,7-,8+,10-/m1/s1. The van der Waals surface area contributed by atoms with Crippen molar-refractivity contribution in [2.24, 2.45) is 28.8 Å². The minimum atomic E-state index is -0.440. The Morgan fingerprint density at radius 3 is 2.54 bits per heavy atom. The number of aliphatic hydroxyl groups excluding tert-OH is 1. The number of nitrogens with zero attached hydrogens (tertiary/aromatic N) is 1. The van der Waals surface area contributed by atoms with E-state index in [2.05, 4.69) is 5.16 Å². The Kier molecular flexibility index (Phi) is 1.48. The predicted molar refractivity (Wildman–Crippen MR) is 47.7 cm³/mol. The van der Waals surface area contributed by atoms with Crippen LogP contribution in [-0.4, -0.2) is 22.1 Å². The van der Waals surface area contributed by atoms with Crippen LogP contribution < -0.4 is 0 Å². The van der Waals surface area contributed by atoms with Crippen LogP contribution in [0.15, 0.2) is 5.16 Å². The normalized spacial score (nSPS) is 56.1. The quantitative estimate of drug-likeness (QED) is 0.436. The molecule has 0 amide bonds. The molecular formula is C10H15NO2. The highest BCUT2D eigenvalue weighted by Crippen LogP contribution is 2.54. The molecule has 3 heteroatoms. The fourth-order valence-electron chi connectivity index (χ4n) is 3.80. The van der Waals surface area contributed by atoms with Gasteiger partial charge in [-0.3, -0.25) is 0 Å². The molecule has 5 fully saturated rings. The second-order valence-corrected chi connectivity index (χ2v) is 4.81. The van der Waals surface area contributed by atoms with Gasteiger partial charge in [-0.25, -0.2) is 0 Å². The Morgan fingerprint density at radius 2 is 1.92 bits per heavy atom. The predicted octanol–water partition coefficient (Wildman–Crippen LogP) is 1.24. The minimum absolute atomic E-state index is 0.392. The highest BCUT2D eigenvalue weighted by Gasteiger charge is 2.53. The maximum absolute atomic E-state index is 9.89. The first-order valence-corrected chi connectivity index (χ1v) is 5.21. The van der Waals surface area contributed by atoms with Crippen molar-refractivity contribution in [3.05, 3.63) is 0 Å². The van der Waals surface area contributed by atoms with Gasteiger partial charge in [0.15, 0.2) is 0 Å². The third kappa shape index (κ3) is 0.857. The minimum Gasteiger partial charge on any atom is -0.411 e. The average Bonchev–Trinajstić information content (AvgIpc) is 2.19. The Bertz CT molecular complexity index is 264. The second-order valence-electron chi connectivity index (χ2n) is 4.81. The molecule has 5 rings (SSSR count). The summed E-state index contributed by atoms with van der Waals surface area (Å²) in [5, 5.41) is 22.0. The molecule has 5 saturated carbocycles. The number of hydrogen-bond donors (Lipinski definition) is 2. The van der Waals surface area contributed by atoms with Crippen LogP contribution in [0.25, 0.3) is 0 Å². The molecule has 0 spiro atoms. The first-order valence-electron chi connectivity index (χ1n) is 5.21. The summed E-state index contributed by atoms with van der Waals surface area (Å²) in [6, 6.07) is 0. The molecule has 5 aliphatic rings. The molecule has 5 atom stereocenters. The molecule has 3 nitrogen and oxygen atoms in total. The molecule has 0 aromatic carbocycles. The summed E-state index contributed by atoms with van der Waals surface area (Å²) in [5.41, 5.74) is 0.678. The van der Waals surface area contributed by atoms with E-state index < -0.39 is 6.10 Å². The summed E-state index contributed by atoms with van der Waals surface area (Å²) in [6.07, 6.45) is 4.44. The van der Waals surface area contributed by atoms with E-state index in [9.17, 15) is 5.11 Å². The van der Waals surface area contributed by atoms with Gasteiger partial charge in [-0.05, 0) is 43.4 Å². The topological polar surface area (TPSA) is 52.8 Å². The molecule has 0 aromatic rings. The first-order chi connectivity index (χ1) is 6.31. The Hall–Kier alpha value is -0.570. The lowest BCUT2D eigenvalue weighted by atomic mass is 9.51. The Morgan fingerprint density at radius 1 is 1.15 bits per heavy atom. The van der Waals surface area contributed by atoms with E-state index in [1.165, 1.54) is 12.8 Å². The van der Waals surface area contributed by atoms with Gasteiger partial charge in [0.05, 0.1) is 11.8 Å². The van der Waals surface area contributed by atoms with E-state index in [1.807, 2.05) is 0 Å². The maximum Gasteiger partial charge on any atom is 0.0987 e. The van der Waals surface area contributed by atoms with Gasteiger partial charge in [0.25, 0.3) is 0 Å². The fourth-order valence-corrected chi connectivity index (χ4v) is 3.80. The fraction of sp³-hybridized carbons (Fsp3) is 0.900. The molecule has 0 aromatic heterocycles. The van der Waals surface area contributed by atoms with Crippen LogP contribution in [0, 0.1) is 23.7 Å². The van der Waals surface area contributed by atoms with Crippen LogP contribution in [0.5, 0.6) is 0 Å². The zero-order valence-electron chi connectivity index (χ0n) is 7.56. The molecule has 13 heavy (non-hydrogen) atoms. The molecule has 0 aliphatic heterocycles. The summed E-state index contributed by atoms with van der Waals surface area (Å²) in [6.45, 7) is 0. The number of hydrogen-bond acceptors (Lipinski definition) is 3. The first kappa shape index (κ1) is 7.80. The highest BCUT2D eigenvalue weighted by atomic mass is 16.4. The zero-order valence-corrected chi connectivity index (χ0v) is 7.56. The lowest BCUT2D eigenvalue weighted by Gasteiger charge is -2.54. The van der Waals surface area contributed by atoms with Crippen molar-refractivity contribution in [1.82, 2.24) is 0 Å². The van der Waals surface area contributed by atoms with Crippen LogP contribution in [0.2, 0.25) is 0 Å². The van der Waals surface area contributed by atoms with Crippen molar-refractivity contribution in [2.45, 2.75) is 31.8 Å². The van der Waals surface area contributed by atoms with Crippen molar-refractivity contribution in [2.75, 3.05) is 0 Å². The van der Waals surface area contributed by atoms with Gasteiger partial charge in [-0.15, -0.1) is 0 Å². The molecule has 72 valence electrons. The van der Waals surface area contributed by atoms with E-state index in [1.54, 1.807) is 0 Å². The van der Waals surface area contributed by atoms with Crippen LogP contribution in [0.4, 0.5) is 0 Å². The van der Waals surface area contributed by atoms with Crippen LogP contribution in [-0.2, 0) is 0 Å². The second kappa shape index (κ2) is 2.47. The van der Waals surface area contributed by atoms with Crippen molar-refractivity contribution in [3.8, 4) is 0 Å². The molecule has 2 N–H and O–H groups in total. The van der Waals surface area contributed by atoms with Crippen molar-refractivity contribution in [3.63, 3.8) is 0 Å². The van der Waals surface area contributed by atoms with Crippen molar-refractivity contribution >= 4 is 5.71 Å². The van der Waals surface area contributed by atoms with E-state index in [4.69, 9.17) is 5.21 Å². The average molecular weight is 181 g/mol. The number of oxime groups is 1. The highest BCUT2D eigenvalue weighted by molar-refractivity contribution is 5.92. The Balaban J connectivity index is 2.00. The molecule has 0 unspecified atom stereocenters. The lowest BCUT2D eigenvalue weighted by molar-refractivity contribution is -0.0258. The molecule has 0 saturated heterocycles. The lowest BCUT2D eigenvalue weighted by Crippen LogP contribution is -2.56. The summed E-state index contributed by atoms with van der Waals surface area (Å²) < 4.78 is 0. The maximum atomic E-state index is 9.89. The molecule has 5 aliphatic carbocycles. The number of rotatable bonds is 0. The van der Waals surface area contributed by atoms with Crippen LogP contribution >= 0.6 is 0 Å². The molecule has 4 bridgehead atoms. The molecule has 0 heterocycles. The summed E-state index contributed by atoms with van der Waals surface area (Å²) in [5.74, 6) is 2.19. The van der Waals surface area contributed by atoms with Crippen LogP contribution in [0.1, 0.15) is 25.7 Å². The van der Waals surface area contributed by atoms with E-state index in [0.717, 1.165) is 12.8 Å². The largest absolute Gasteiger partial charge is 0.411 e. The molecular weight excluding hydrogens is 166 g/mol. The van der Waals surface area contributed by atoms with Crippen LogP contribution in [0.3, 0.4) is 0 Å². The number of aliphatic hydroxyl groups is 1. The summed E-state index contributed by atoms with van der Waals surface area (Å²) in [4.78, 5) is 0. The van der Waals surface area contributed by atoms with Gasteiger partial charge in [0, 0.05) is 5.92 Å². The van der Waals surface area contributed by atoms with Gasteiger partial charge in [-0.2, -0.15) is 0 Å². The third-order valence-electron chi connectivity index (χ3n) is 4.42. The molecule has 0 radical (unpaired) electrons. The van der Waals surface area contributed by atoms with Crippen molar-refractivity contribution in [1.29, 1.82) is 0 Å². The monoisotopic (exact) mass is 181 g/mol. The zero-order chi connectivity index (χ0) is 9.00. The third-order valence-corrected chi connectivity index (χ3v) is 4.42. The van der Waals surface area contributed by atoms with Gasteiger partial charge < -0.3 is 10.3 Å². The van der Waals surface area contributed by atoms with Gasteiger partial charge in [-0.1, -0.05) is 5.16 Å². The van der Waals surface area contributed by atoms with E-state index in [0.29, 0.717) is 29.4 Å². The SMILES string of the molecule is ON=C1[C@H](O)[C@H]2C[C@H]3CC[C@H]2C[C@@H]13. The number of fused-ring (bicyclic) bond motifs is 2. The summed E-state index contributed by atoms with van der Waals surface area (Å²) in [7, 11) is 0. The van der Waals surface area contributed by atoms with E-state index in [-0.39, 0.29) is 0 Å². The van der Waals surface area contributed by atoms with Crippen molar-refractivity contribution < 1.29 is 10.3 Å². The van der Waals surface area contributed by atoms with Gasteiger partial charge in [0.1, 0.15) is 0 Å². The van der Waals surface area contributed by atoms with E-state index >= 15 is 0 Å². The smallest absolute Gasteiger partial charge is 0.0987 e. The van der Waals surface area contributed by atoms with Gasteiger partial charge >= 0.3 is 0 Å². The Labute approximate surface area is 77.4 Å². The summed E-state index contributed by atoms with van der Waals surface area (Å²) >= 11 is 0. The van der Waals surface area contributed by atoms with Gasteiger partial charge in [0.2, 0.25) is 0 Å².